The SMILES string of the molecule is COc1ccc(N(CC(=O)Nc2ccc(N3CCCCC3)cc2)S(C)(=O)=O)cc1Cl. The molecule has 1 heterocycles. The maximum absolute atomic E-state index is 12.6. The summed E-state index contributed by atoms with van der Waals surface area (Å²) in [6.07, 6.45) is 4.69. The second-order valence-corrected chi connectivity index (χ2v) is 9.55. The molecule has 2 aromatic rings. The van der Waals surface area contributed by atoms with E-state index in [2.05, 4.69) is 10.2 Å². The Balaban J connectivity index is 1.69. The summed E-state index contributed by atoms with van der Waals surface area (Å²) in [5.74, 6) is -0.0230. The number of benzene rings is 2. The van der Waals surface area contributed by atoms with Crippen LogP contribution in [-0.2, 0) is 14.8 Å². The number of rotatable bonds is 7. The average molecular weight is 452 g/mol. The van der Waals surface area contributed by atoms with Crippen LogP contribution in [0.25, 0.3) is 0 Å². The van der Waals surface area contributed by atoms with E-state index in [0.29, 0.717) is 17.1 Å². The number of ether oxygens (including phenoxy) is 1. The molecule has 1 fully saturated rings. The van der Waals surface area contributed by atoms with Crippen molar-refractivity contribution in [1.29, 1.82) is 0 Å². The van der Waals surface area contributed by atoms with Gasteiger partial charge in [-0.05, 0) is 61.7 Å². The number of halogens is 1. The minimum atomic E-state index is -3.70. The third-order valence-electron chi connectivity index (χ3n) is 4.98. The molecule has 0 bridgehead atoms. The Kier molecular flexibility index (Phi) is 7.10. The lowest BCUT2D eigenvalue weighted by molar-refractivity contribution is -0.114. The summed E-state index contributed by atoms with van der Waals surface area (Å²) >= 11 is 6.12. The second kappa shape index (κ2) is 9.57. The quantitative estimate of drug-likeness (QED) is 0.693. The summed E-state index contributed by atoms with van der Waals surface area (Å²) < 4.78 is 30.6. The molecular formula is C21H26ClN3O4S. The van der Waals surface area contributed by atoms with Crippen LogP contribution in [0.4, 0.5) is 17.1 Å². The zero-order chi connectivity index (χ0) is 21.7. The van der Waals surface area contributed by atoms with Gasteiger partial charge in [-0.25, -0.2) is 8.42 Å². The molecular weight excluding hydrogens is 426 g/mol. The zero-order valence-electron chi connectivity index (χ0n) is 17.1. The number of carbonyl (C=O) groups excluding carboxylic acids is 1. The minimum Gasteiger partial charge on any atom is -0.495 e. The second-order valence-electron chi connectivity index (χ2n) is 7.23. The Morgan fingerprint density at radius 2 is 1.80 bits per heavy atom. The number of methoxy groups -OCH3 is 1. The van der Waals surface area contributed by atoms with Gasteiger partial charge in [-0.1, -0.05) is 11.6 Å². The van der Waals surface area contributed by atoms with Crippen molar-refractivity contribution in [3.8, 4) is 5.75 Å². The van der Waals surface area contributed by atoms with Crippen LogP contribution in [0.2, 0.25) is 5.02 Å². The maximum atomic E-state index is 12.6. The van der Waals surface area contributed by atoms with E-state index < -0.39 is 15.9 Å². The van der Waals surface area contributed by atoms with Crippen molar-refractivity contribution in [2.75, 3.05) is 47.5 Å². The zero-order valence-corrected chi connectivity index (χ0v) is 18.7. The first kappa shape index (κ1) is 22.2. The van der Waals surface area contributed by atoms with Crippen molar-refractivity contribution in [2.45, 2.75) is 19.3 Å². The number of sulfonamides is 1. The number of amides is 1. The van der Waals surface area contributed by atoms with Gasteiger partial charge in [0.1, 0.15) is 12.3 Å². The molecule has 1 aliphatic heterocycles. The normalized spacial score (nSPS) is 14.3. The van der Waals surface area contributed by atoms with E-state index in [-0.39, 0.29) is 11.6 Å². The van der Waals surface area contributed by atoms with Gasteiger partial charge in [0.05, 0.1) is 24.1 Å². The number of anilines is 3. The molecule has 0 atom stereocenters. The van der Waals surface area contributed by atoms with Gasteiger partial charge in [-0.15, -0.1) is 0 Å². The molecule has 0 radical (unpaired) electrons. The summed E-state index contributed by atoms with van der Waals surface area (Å²) in [5, 5.41) is 3.02. The van der Waals surface area contributed by atoms with Crippen LogP contribution in [0.5, 0.6) is 5.75 Å². The smallest absolute Gasteiger partial charge is 0.245 e. The van der Waals surface area contributed by atoms with Gasteiger partial charge >= 0.3 is 0 Å². The number of nitrogens with zero attached hydrogens (tertiary/aromatic N) is 2. The van der Waals surface area contributed by atoms with E-state index in [1.54, 1.807) is 12.1 Å². The summed E-state index contributed by atoms with van der Waals surface area (Å²) in [6, 6.07) is 12.2. The highest BCUT2D eigenvalue weighted by molar-refractivity contribution is 7.92. The molecule has 0 saturated carbocycles. The number of hydrogen-bond acceptors (Lipinski definition) is 5. The number of nitrogens with one attached hydrogen (secondary N) is 1. The van der Waals surface area contributed by atoms with E-state index >= 15 is 0 Å². The Morgan fingerprint density at radius 3 is 2.37 bits per heavy atom. The summed E-state index contributed by atoms with van der Waals surface area (Å²) in [7, 11) is -2.23. The van der Waals surface area contributed by atoms with Crippen molar-refractivity contribution in [3.63, 3.8) is 0 Å². The fourth-order valence-corrected chi connectivity index (χ4v) is 4.55. The Morgan fingerprint density at radius 1 is 1.13 bits per heavy atom. The highest BCUT2D eigenvalue weighted by Gasteiger charge is 2.22. The maximum Gasteiger partial charge on any atom is 0.245 e. The monoisotopic (exact) mass is 451 g/mol. The van der Waals surface area contributed by atoms with Gasteiger partial charge in [0.2, 0.25) is 15.9 Å². The summed E-state index contributed by atoms with van der Waals surface area (Å²) in [6.45, 7) is 1.72. The van der Waals surface area contributed by atoms with Crippen LogP contribution in [0.15, 0.2) is 42.5 Å². The van der Waals surface area contributed by atoms with Gasteiger partial charge < -0.3 is 15.0 Å². The molecule has 30 heavy (non-hydrogen) atoms. The molecule has 0 aromatic heterocycles. The van der Waals surface area contributed by atoms with Crippen LogP contribution >= 0.6 is 11.6 Å². The fourth-order valence-electron chi connectivity index (χ4n) is 3.45. The molecule has 9 heteroatoms. The Bertz CT molecular complexity index is 990. The molecule has 0 unspecified atom stereocenters. The standard InChI is InChI=1S/C21H26ClN3O4S/c1-29-20-11-10-18(14-19(20)22)25(30(2,27)28)15-21(26)23-16-6-8-17(9-7-16)24-12-4-3-5-13-24/h6-11,14H,3-5,12-13,15H2,1-2H3,(H,23,26). The van der Waals surface area contributed by atoms with Gasteiger partial charge in [0.25, 0.3) is 0 Å². The van der Waals surface area contributed by atoms with Gasteiger partial charge in [0, 0.05) is 24.5 Å². The molecule has 1 saturated heterocycles. The van der Waals surface area contributed by atoms with Crippen LogP contribution in [-0.4, -0.2) is 47.3 Å². The molecule has 0 aliphatic carbocycles. The number of hydrogen-bond donors (Lipinski definition) is 1. The van der Waals surface area contributed by atoms with Crippen molar-refractivity contribution in [2.24, 2.45) is 0 Å². The average Bonchev–Trinajstić information content (AvgIpc) is 2.72. The molecule has 1 amide bonds. The van der Waals surface area contributed by atoms with Gasteiger partial charge in [0.15, 0.2) is 0 Å². The topological polar surface area (TPSA) is 79.0 Å². The molecule has 1 N–H and O–H groups in total. The minimum absolute atomic E-state index is 0.261. The van der Waals surface area contributed by atoms with Crippen LogP contribution < -0.4 is 19.3 Å². The third kappa shape index (κ3) is 5.58. The lowest BCUT2D eigenvalue weighted by atomic mass is 10.1. The van der Waals surface area contributed by atoms with Gasteiger partial charge in [-0.3, -0.25) is 9.10 Å². The molecule has 7 nitrogen and oxygen atoms in total. The lowest BCUT2D eigenvalue weighted by Crippen LogP contribution is -2.37. The number of piperidine rings is 1. The van der Waals surface area contributed by atoms with Crippen LogP contribution in [0.1, 0.15) is 19.3 Å². The predicted molar refractivity (Wildman–Crippen MR) is 121 cm³/mol. The van der Waals surface area contributed by atoms with Crippen LogP contribution in [0, 0.1) is 0 Å². The molecule has 1 aliphatic rings. The van der Waals surface area contributed by atoms with Crippen molar-refractivity contribution < 1.29 is 17.9 Å². The number of carbonyl (C=O) groups is 1. The summed E-state index contributed by atoms with van der Waals surface area (Å²) in [5.41, 5.74) is 2.03. The van der Waals surface area contributed by atoms with Crippen LogP contribution in [0.3, 0.4) is 0 Å². The largest absolute Gasteiger partial charge is 0.495 e. The van der Waals surface area contributed by atoms with E-state index in [1.165, 1.54) is 32.4 Å². The van der Waals surface area contributed by atoms with Gasteiger partial charge in [-0.2, -0.15) is 0 Å². The fraction of sp³-hybridized carbons (Fsp3) is 0.381. The summed E-state index contributed by atoms with van der Waals surface area (Å²) in [4.78, 5) is 14.9. The lowest BCUT2D eigenvalue weighted by Gasteiger charge is -2.29. The first-order valence-electron chi connectivity index (χ1n) is 9.74. The highest BCUT2D eigenvalue weighted by Crippen LogP contribution is 2.30. The third-order valence-corrected chi connectivity index (χ3v) is 6.42. The highest BCUT2D eigenvalue weighted by atomic mass is 35.5. The van der Waals surface area contributed by atoms with E-state index in [9.17, 15) is 13.2 Å². The Hall–Kier alpha value is -2.45. The van der Waals surface area contributed by atoms with Crippen molar-refractivity contribution in [1.82, 2.24) is 0 Å². The first-order chi connectivity index (χ1) is 14.3. The molecule has 2 aromatic carbocycles. The first-order valence-corrected chi connectivity index (χ1v) is 12.0. The van der Waals surface area contributed by atoms with E-state index in [0.717, 1.165) is 29.3 Å². The molecule has 162 valence electrons. The van der Waals surface area contributed by atoms with E-state index in [4.69, 9.17) is 16.3 Å². The Labute approximate surface area is 182 Å². The molecule has 3 rings (SSSR count). The van der Waals surface area contributed by atoms with E-state index in [1.807, 2.05) is 24.3 Å². The predicted octanol–water partition coefficient (Wildman–Crippen LogP) is 3.74. The van der Waals surface area contributed by atoms with Crippen molar-refractivity contribution in [3.05, 3.63) is 47.5 Å². The molecule has 0 spiro atoms. The van der Waals surface area contributed by atoms with Crippen molar-refractivity contribution >= 4 is 44.6 Å².